The summed E-state index contributed by atoms with van der Waals surface area (Å²) in [4.78, 5) is 8.03. The molecule has 3 nitrogen and oxygen atoms in total. The quantitative estimate of drug-likeness (QED) is 0.894. The van der Waals surface area contributed by atoms with E-state index in [-0.39, 0.29) is 11.9 Å². The standard InChI is InChI=1S/C13H14FN3S/c14-10-3-1-2-9-11(4-7-18-13(9)10)17-8-12-15-5-6-16-12/h1-3,5-6,11,17H,4,7-8H2,(H,15,16). The van der Waals surface area contributed by atoms with Crippen LogP contribution in [0.15, 0.2) is 35.5 Å². The van der Waals surface area contributed by atoms with Gasteiger partial charge < -0.3 is 10.3 Å². The van der Waals surface area contributed by atoms with Crippen molar-refractivity contribution in [3.05, 3.63) is 47.8 Å². The van der Waals surface area contributed by atoms with Crippen LogP contribution in [0.25, 0.3) is 0 Å². The van der Waals surface area contributed by atoms with E-state index in [9.17, 15) is 4.39 Å². The summed E-state index contributed by atoms with van der Waals surface area (Å²) in [5.41, 5.74) is 1.07. The van der Waals surface area contributed by atoms with Crippen molar-refractivity contribution in [3.63, 3.8) is 0 Å². The number of hydrogen-bond acceptors (Lipinski definition) is 3. The number of hydrogen-bond donors (Lipinski definition) is 2. The van der Waals surface area contributed by atoms with Gasteiger partial charge in [0.15, 0.2) is 0 Å². The Morgan fingerprint density at radius 1 is 1.50 bits per heavy atom. The smallest absolute Gasteiger partial charge is 0.137 e. The van der Waals surface area contributed by atoms with E-state index in [1.54, 1.807) is 30.2 Å². The summed E-state index contributed by atoms with van der Waals surface area (Å²) in [6, 6.07) is 5.52. The van der Waals surface area contributed by atoms with Gasteiger partial charge in [0.25, 0.3) is 0 Å². The van der Waals surface area contributed by atoms with Crippen molar-refractivity contribution in [3.8, 4) is 0 Å². The zero-order valence-electron chi connectivity index (χ0n) is 9.82. The highest BCUT2D eigenvalue weighted by atomic mass is 32.2. The average molecular weight is 263 g/mol. The number of nitrogens with one attached hydrogen (secondary N) is 2. The molecule has 0 bridgehead atoms. The van der Waals surface area contributed by atoms with Crippen molar-refractivity contribution in [2.45, 2.75) is 23.9 Å². The van der Waals surface area contributed by atoms with Crippen LogP contribution in [0.2, 0.25) is 0 Å². The Labute approximate surface area is 109 Å². The molecule has 0 fully saturated rings. The van der Waals surface area contributed by atoms with Gasteiger partial charge in [-0.1, -0.05) is 12.1 Å². The molecule has 94 valence electrons. The average Bonchev–Trinajstić information content (AvgIpc) is 2.90. The monoisotopic (exact) mass is 263 g/mol. The van der Waals surface area contributed by atoms with E-state index in [1.807, 2.05) is 6.07 Å². The highest BCUT2D eigenvalue weighted by Gasteiger charge is 2.22. The molecule has 3 rings (SSSR count). The third-order valence-electron chi connectivity index (χ3n) is 3.10. The summed E-state index contributed by atoms with van der Waals surface area (Å²) in [6.07, 6.45) is 4.56. The summed E-state index contributed by atoms with van der Waals surface area (Å²) in [5.74, 6) is 1.75. The van der Waals surface area contributed by atoms with E-state index in [2.05, 4.69) is 15.3 Å². The number of nitrogens with zero attached hydrogens (tertiary/aromatic N) is 1. The van der Waals surface area contributed by atoms with Gasteiger partial charge in [0, 0.05) is 23.3 Å². The van der Waals surface area contributed by atoms with Crippen molar-refractivity contribution in [1.29, 1.82) is 0 Å². The van der Waals surface area contributed by atoms with Gasteiger partial charge in [0.2, 0.25) is 0 Å². The Bertz CT molecular complexity index is 527. The van der Waals surface area contributed by atoms with Crippen LogP contribution in [0.5, 0.6) is 0 Å². The Morgan fingerprint density at radius 3 is 3.28 bits per heavy atom. The van der Waals surface area contributed by atoms with Gasteiger partial charge in [0.05, 0.1) is 6.54 Å². The van der Waals surface area contributed by atoms with Crippen LogP contribution < -0.4 is 5.32 Å². The molecule has 2 aromatic rings. The molecule has 1 aromatic heterocycles. The third kappa shape index (κ3) is 2.28. The maximum atomic E-state index is 13.7. The summed E-state index contributed by atoms with van der Waals surface area (Å²) in [5, 5.41) is 3.43. The van der Waals surface area contributed by atoms with E-state index in [1.165, 1.54) is 6.07 Å². The lowest BCUT2D eigenvalue weighted by molar-refractivity contribution is 0.490. The highest BCUT2D eigenvalue weighted by molar-refractivity contribution is 7.99. The minimum absolute atomic E-state index is 0.109. The molecular weight excluding hydrogens is 249 g/mol. The van der Waals surface area contributed by atoms with E-state index in [4.69, 9.17) is 0 Å². The van der Waals surface area contributed by atoms with Crippen molar-refractivity contribution < 1.29 is 4.39 Å². The number of halogens is 1. The van der Waals surface area contributed by atoms with Gasteiger partial charge in [0.1, 0.15) is 11.6 Å². The SMILES string of the molecule is Fc1cccc2c1SCCC2NCc1ncc[nH]1. The van der Waals surface area contributed by atoms with Gasteiger partial charge in [-0.3, -0.25) is 0 Å². The number of rotatable bonds is 3. The Kier molecular flexibility index (Phi) is 3.34. The van der Waals surface area contributed by atoms with Gasteiger partial charge >= 0.3 is 0 Å². The lowest BCUT2D eigenvalue weighted by atomic mass is 10.0. The fourth-order valence-electron chi connectivity index (χ4n) is 2.21. The fourth-order valence-corrected chi connectivity index (χ4v) is 3.35. The second-order valence-electron chi connectivity index (χ2n) is 4.26. The molecule has 1 aliphatic rings. The molecule has 1 aliphatic heterocycles. The molecule has 2 heterocycles. The minimum Gasteiger partial charge on any atom is -0.348 e. The first kappa shape index (κ1) is 11.7. The van der Waals surface area contributed by atoms with E-state index in [0.717, 1.165) is 28.5 Å². The molecule has 0 radical (unpaired) electrons. The van der Waals surface area contributed by atoms with Crippen LogP contribution in [0.1, 0.15) is 23.9 Å². The fraction of sp³-hybridized carbons (Fsp3) is 0.308. The maximum Gasteiger partial charge on any atom is 0.137 e. The molecule has 0 saturated heterocycles. The molecule has 0 aliphatic carbocycles. The number of fused-ring (bicyclic) bond motifs is 1. The molecule has 18 heavy (non-hydrogen) atoms. The summed E-state index contributed by atoms with van der Waals surface area (Å²) < 4.78 is 13.7. The molecule has 1 unspecified atom stereocenters. The van der Waals surface area contributed by atoms with Crippen LogP contribution in [-0.4, -0.2) is 15.7 Å². The second-order valence-corrected chi connectivity index (χ2v) is 5.37. The van der Waals surface area contributed by atoms with Gasteiger partial charge in [-0.05, 0) is 23.8 Å². The molecule has 0 spiro atoms. The second kappa shape index (κ2) is 5.12. The molecule has 2 N–H and O–H groups in total. The first-order valence-corrected chi connectivity index (χ1v) is 6.96. The molecule has 0 saturated carbocycles. The first-order valence-electron chi connectivity index (χ1n) is 5.97. The largest absolute Gasteiger partial charge is 0.348 e. The van der Waals surface area contributed by atoms with Crippen molar-refractivity contribution in [2.24, 2.45) is 0 Å². The Hall–Kier alpha value is -1.33. The number of aromatic amines is 1. The topological polar surface area (TPSA) is 40.7 Å². The van der Waals surface area contributed by atoms with Gasteiger partial charge in [-0.15, -0.1) is 11.8 Å². The van der Waals surface area contributed by atoms with Crippen LogP contribution in [-0.2, 0) is 6.54 Å². The number of benzene rings is 1. The van der Waals surface area contributed by atoms with Crippen molar-refractivity contribution in [2.75, 3.05) is 5.75 Å². The molecule has 0 amide bonds. The predicted octanol–water partition coefficient (Wildman–Crippen LogP) is 2.88. The van der Waals surface area contributed by atoms with Crippen molar-refractivity contribution in [1.82, 2.24) is 15.3 Å². The Morgan fingerprint density at radius 2 is 2.44 bits per heavy atom. The summed E-state index contributed by atoms with van der Waals surface area (Å²) in [6.45, 7) is 0.679. The highest BCUT2D eigenvalue weighted by Crippen LogP contribution is 2.37. The van der Waals surface area contributed by atoms with Crippen LogP contribution >= 0.6 is 11.8 Å². The molecule has 5 heteroatoms. The summed E-state index contributed by atoms with van der Waals surface area (Å²) >= 11 is 1.60. The normalized spacial score (nSPS) is 18.6. The van der Waals surface area contributed by atoms with Gasteiger partial charge in [-0.2, -0.15) is 0 Å². The molecular formula is C13H14FN3S. The van der Waals surface area contributed by atoms with Gasteiger partial charge in [-0.25, -0.2) is 9.37 Å². The molecule has 1 aromatic carbocycles. The van der Waals surface area contributed by atoms with Crippen molar-refractivity contribution >= 4 is 11.8 Å². The lowest BCUT2D eigenvalue weighted by Crippen LogP contribution is -2.25. The number of thioether (sulfide) groups is 1. The number of imidazole rings is 1. The lowest BCUT2D eigenvalue weighted by Gasteiger charge is -2.26. The third-order valence-corrected chi connectivity index (χ3v) is 4.26. The number of aromatic nitrogens is 2. The zero-order valence-corrected chi connectivity index (χ0v) is 10.6. The maximum absolute atomic E-state index is 13.7. The minimum atomic E-state index is -0.109. The van der Waals surface area contributed by atoms with E-state index in [0.29, 0.717) is 6.54 Å². The van der Waals surface area contributed by atoms with Crippen LogP contribution in [0.4, 0.5) is 4.39 Å². The predicted molar refractivity (Wildman–Crippen MR) is 69.9 cm³/mol. The van der Waals surface area contributed by atoms with E-state index >= 15 is 0 Å². The van der Waals surface area contributed by atoms with Crippen LogP contribution in [0, 0.1) is 5.82 Å². The summed E-state index contributed by atoms with van der Waals surface area (Å²) in [7, 11) is 0. The molecule has 1 atom stereocenters. The van der Waals surface area contributed by atoms with Crippen LogP contribution in [0.3, 0.4) is 0 Å². The Balaban J connectivity index is 1.77. The zero-order chi connectivity index (χ0) is 12.4. The number of H-pyrrole nitrogens is 1. The van der Waals surface area contributed by atoms with E-state index < -0.39 is 0 Å². The first-order chi connectivity index (χ1) is 8.84.